The molecule has 0 atom stereocenters. The Labute approximate surface area is 408 Å². The molecule has 0 saturated carbocycles. The Morgan fingerprint density at radius 3 is 1.65 bits per heavy atom. The van der Waals surface area contributed by atoms with Crippen molar-refractivity contribution in [3.63, 3.8) is 0 Å². The Morgan fingerprint density at radius 2 is 0.899 bits per heavy atom. The van der Waals surface area contributed by atoms with Crippen LogP contribution < -0.4 is 4.90 Å². The van der Waals surface area contributed by atoms with Crippen molar-refractivity contribution in [3.8, 4) is 66.8 Å². The van der Waals surface area contributed by atoms with Crippen LogP contribution in [-0.2, 0) is 16.2 Å². The fraction of sp³-hybridized carbons (Fsp3) is 0.147. The van der Waals surface area contributed by atoms with E-state index in [0.717, 1.165) is 17.1 Å². The molecule has 1 nitrogen and oxygen atoms in total. The predicted molar refractivity (Wildman–Crippen MR) is 294 cm³/mol. The van der Waals surface area contributed by atoms with E-state index in [-0.39, 0.29) is 16.2 Å². The van der Waals surface area contributed by atoms with E-state index in [1.807, 2.05) is 0 Å². The van der Waals surface area contributed by atoms with Gasteiger partial charge in [-0.15, -0.1) is 0 Å². The van der Waals surface area contributed by atoms with E-state index in [1.165, 1.54) is 105 Å². The lowest BCUT2D eigenvalue weighted by Gasteiger charge is -2.32. The third kappa shape index (κ3) is 6.81. The van der Waals surface area contributed by atoms with Gasteiger partial charge in [0.15, 0.2) is 0 Å². The van der Waals surface area contributed by atoms with Crippen LogP contribution in [0, 0.1) is 0 Å². The van der Waals surface area contributed by atoms with E-state index >= 15 is 0 Å². The minimum absolute atomic E-state index is 0.0711. The van der Waals surface area contributed by atoms with Crippen molar-refractivity contribution in [1.82, 2.24) is 0 Å². The first kappa shape index (κ1) is 42.6. The molecule has 0 spiro atoms. The van der Waals surface area contributed by atoms with Crippen molar-refractivity contribution >= 4 is 27.8 Å². The number of fused-ring (bicyclic) bond motifs is 7. The second-order valence-electron chi connectivity index (χ2n) is 21.3. The van der Waals surface area contributed by atoms with Crippen molar-refractivity contribution in [2.45, 2.75) is 64.7 Å². The van der Waals surface area contributed by atoms with Gasteiger partial charge in [0.05, 0.1) is 11.4 Å². The van der Waals surface area contributed by atoms with E-state index < -0.39 is 0 Å². The molecule has 0 heterocycles. The maximum absolute atomic E-state index is 2.57. The van der Waals surface area contributed by atoms with Crippen molar-refractivity contribution < 1.29 is 0 Å². The van der Waals surface area contributed by atoms with Gasteiger partial charge in [0.1, 0.15) is 0 Å². The monoisotopic (exact) mass is 887 g/mol. The van der Waals surface area contributed by atoms with Crippen molar-refractivity contribution in [1.29, 1.82) is 0 Å². The zero-order valence-electron chi connectivity index (χ0n) is 40.7. The highest BCUT2D eigenvalue weighted by Gasteiger charge is 2.38. The van der Waals surface area contributed by atoms with Gasteiger partial charge in [0.2, 0.25) is 0 Å². The maximum Gasteiger partial charge on any atom is 0.0546 e. The second-order valence-corrected chi connectivity index (χ2v) is 21.3. The van der Waals surface area contributed by atoms with Crippen molar-refractivity contribution in [2.75, 3.05) is 4.90 Å². The van der Waals surface area contributed by atoms with Crippen LogP contribution in [0.5, 0.6) is 0 Å². The minimum Gasteiger partial charge on any atom is -0.309 e. The van der Waals surface area contributed by atoms with Gasteiger partial charge in [0.25, 0.3) is 0 Å². The number of anilines is 3. The standard InChI is InChI=1S/C68H57N/c1-66(2,3)48-36-32-44(33-37-48)47-35-40-62(57(42-47)45-20-9-8-10-21-45)69(49-38-39-53-52-25-15-17-29-58(52)68(6,7)61(53)43-49)63-41-34-46-22-11-12-23-50(46)65(63)55-26-14-13-24-51(55)54-28-19-31-60-64(54)56-27-16-18-30-59(56)67(60,4)5/h8-43H,1-7H3. The van der Waals surface area contributed by atoms with E-state index in [4.69, 9.17) is 0 Å². The van der Waals surface area contributed by atoms with Gasteiger partial charge >= 0.3 is 0 Å². The number of nitrogens with zero attached hydrogens (tertiary/aromatic N) is 1. The van der Waals surface area contributed by atoms with Gasteiger partial charge < -0.3 is 4.90 Å². The Kier molecular flexibility index (Phi) is 9.84. The van der Waals surface area contributed by atoms with E-state index in [9.17, 15) is 0 Å². The molecule has 1 heteroatoms. The summed E-state index contributed by atoms with van der Waals surface area (Å²) in [6.45, 7) is 16.4. The highest BCUT2D eigenvalue weighted by molar-refractivity contribution is 6.10. The highest BCUT2D eigenvalue weighted by Crippen LogP contribution is 2.56. The minimum atomic E-state index is -0.185. The van der Waals surface area contributed by atoms with Crippen LogP contribution in [0.25, 0.3) is 77.5 Å². The summed E-state index contributed by atoms with van der Waals surface area (Å²) in [5.74, 6) is 0. The summed E-state index contributed by atoms with van der Waals surface area (Å²) >= 11 is 0. The Bertz CT molecular complexity index is 3640. The van der Waals surface area contributed by atoms with E-state index in [2.05, 4.69) is 272 Å². The molecule has 10 aromatic carbocycles. The molecule has 2 aliphatic rings. The molecule has 69 heavy (non-hydrogen) atoms. The molecule has 0 bridgehead atoms. The van der Waals surface area contributed by atoms with Crippen LogP contribution in [0.15, 0.2) is 218 Å². The van der Waals surface area contributed by atoms with Gasteiger partial charge in [-0.05, 0) is 130 Å². The average molecular weight is 888 g/mol. The highest BCUT2D eigenvalue weighted by atomic mass is 15.1. The number of hydrogen-bond donors (Lipinski definition) is 0. The van der Waals surface area contributed by atoms with E-state index in [0.29, 0.717) is 0 Å². The molecule has 0 aliphatic heterocycles. The van der Waals surface area contributed by atoms with Crippen LogP contribution in [-0.4, -0.2) is 0 Å². The predicted octanol–water partition coefficient (Wildman–Crippen LogP) is 18.9. The van der Waals surface area contributed by atoms with Gasteiger partial charge in [0, 0.05) is 27.6 Å². The normalized spacial score (nSPS) is 14.0. The molecule has 0 N–H and O–H groups in total. The third-order valence-corrected chi connectivity index (χ3v) is 15.5. The lowest BCUT2D eigenvalue weighted by atomic mass is 9.81. The molecular weight excluding hydrogens is 831 g/mol. The average Bonchev–Trinajstić information content (AvgIpc) is 3.76. The van der Waals surface area contributed by atoms with Gasteiger partial charge in [-0.1, -0.05) is 237 Å². The summed E-state index contributed by atoms with van der Waals surface area (Å²) in [7, 11) is 0. The lowest BCUT2D eigenvalue weighted by molar-refractivity contribution is 0.590. The van der Waals surface area contributed by atoms with Gasteiger partial charge in [-0.3, -0.25) is 0 Å². The number of benzene rings is 10. The first-order valence-electron chi connectivity index (χ1n) is 24.6. The fourth-order valence-corrected chi connectivity index (χ4v) is 11.8. The van der Waals surface area contributed by atoms with Crippen LogP contribution >= 0.6 is 0 Å². The summed E-state index contributed by atoms with van der Waals surface area (Å²) in [5, 5.41) is 2.42. The molecule has 0 saturated heterocycles. The first-order valence-corrected chi connectivity index (χ1v) is 24.6. The van der Waals surface area contributed by atoms with E-state index in [1.54, 1.807) is 0 Å². The van der Waals surface area contributed by atoms with Crippen molar-refractivity contribution in [3.05, 3.63) is 246 Å². The molecule has 0 unspecified atom stereocenters. The Morgan fingerprint density at radius 1 is 0.333 bits per heavy atom. The summed E-state index contributed by atoms with van der Waals surface area (Å²) in [6.07, 6.45) is 0. The molecule has 0 fully saturated rings. The smallest absolute Gasteiger partial charge is 0.0546 e. The molecule has 0 radical (unpaired) electrons. The molecule has 0 amide bonds. The molecule has 10 aromatic rings. The second kappa shape index (κ2) is 15.9. The maximum atomic E-state index is 2.57. The summed E-state index contributed by atoms with van der Waals surface area (Å²) in [4.78, 5) is 2.57. The van der Waals surface area contributed by atoms with Crippen LogP contribution in [0.3, 0.4) is 0 Å². The number of rotatable bonds is 7. The van der Waals surface area contributed by atoms with Gasteiger partial charge in [-0.25, -0.2) is 0 Å². The summed E-state index contributed by atoms with van der Waals surface area (Å²) < 4.78 is 0. The van der Waals surface area contributed by atoms with Crippen molar-refractivity contribution in [2.24, 2.45) is 0 Å². The Hall–Kier alpha value is -7.74. The topological polar surface area (TPSA) is 3.24 Å². The summed E-state index contributed by atoms with van der Waals surface area (Å²) in [5.41, 5.74) is 24.8. The molecule has 2 aliphatic carbocycles. The number of hydrogen-bond acceptors (Lipinski definition) is 1. The van der Waals surface area contributed by atoms with Crippen LogP contribution in [0.4, 0.5) is 17.1 Å². The van der Waals surface area contributed by atoms with Crippen LogP contribution in [0.1, 0.15) is 76.3 Å². The fourth-order valence-electron chi connectivity index (χ4n) is 11.8. The molecule has 334 valence electrons. The third-order valence-electron chi connectivity index (χ3n) is 15.5. The Balaban J connectivity index is 1.15. The quantitative estimate of drug-likeness (QED) is 0.154. The molecule has 12 rings (SSSR count). The first-order chi connectivity index (χ1) is 33.4. The zero-order chi connectivity index (χ0) is 47.2. The summed E-state index contributed by atoms with van der Waals surface area (Å²) in [6, 6.07) is 82.2. The lowest BCUT2D eigenvalue weighted by Crippen LogP contribution is -2.17. The SMILES string of the molecule is CC(C)(C)c1ccc(-c2ccc(N(c3ccc4c(c3)C(C)(C)c3ccccc3-4)c3ccc4ccccc4c3-c3ccccc3-c3cccc4c3-c3ccccc3C4(C)C)c(-c3ccccc3)c2)cc1. The van der Waals surface area contributed by atoms with Gasteiger partial charge in [-0.2, -0.15) is 0 Å². The molecule has 0 aromatic heterocycles. The van der Waals surface area contributed by atoms with Crippen LogP contribution in [0.2, 0.25) is 0 Å². The largest absolute Gasteiger partial charge is 0.309 e. The zero-order valence-corrected chi connectivity index (χ0v) is 40.7. The molecular formula is C68H57N.